The molecule has 4 heterocycles. The lowest BCUT2D eigenvalue weighted by atomic mass is 10.1. The van der Waals surface area contributed by atoms with Gasteiger partial charge in [-0.05, 0) is 37.7 Å². The fourth-order valence-electron chi connectivity index (χ4n) is 4.76. The highest BCUT2D eigenvalue weighted by molar-refractivity contribution is 5.94. The number of carbonyl (C=O) groups excluding carboxylic acids is 1. The van der Waals surface area contributed by atoms with Crippen LogP contribution in [-0.2, 0) is 24.4 Å². The number of nitrogens with one attached hydrogen (secondary N) is 1. The SMILES string of the molecule is CCn1c(CN(C)Cc2ccc(C(=O)NC)cc2)nc2c(N3CCOCC3)nc(-c3ccc(OC)nc3)nc21. The predicted molar refractivity (Wildman–Crippen MR) is 149 cm³/mol. The Labute approximate surface area is 227 Å². The van der Waals surface area contributed by atoms with Gasteiger partial charge in [-0.15, -0.1) is 0 Å². The van der Waals surface area contributed by atoms with Gasteiger partial charge in [-0.3, -0.25) is 9.69 Å². The van der Waals surface area contributed by atoms with Gasteiger partial charge in [0.25, 0.3) is 5.91 Å². The Morgan fingerprint density at radius 1 is 1.08 bits per heavy atom. The molecule has 11 nitrogen and oxygen atoms in total. The summed E-state index contributed by atoms with van der Waals surface area (Å²) in [4.78, 5) is 35.7. The van der Waals surface area contributed by atoms with Crippen molar-refractivity contribution in [1.82, 2.24) is 34.7 Å². The Balaban J connectivity index is 1.48. The molecule has 0 atom stereocenters. The van der Waals surface area contributed by atoms with E-state index in [1.54, 1.807) is 20.4 Å². The summed E-state index contributed by atoms with van der Waals surface area (Å²) in [5.41, 5.74) is 4.18. The molecular formula is C28H34N8O3. The Morgan fingerprint density at radius 3 is 2.49 bits per heavy atom. The zero-order valence-corrected chi connectivity index (χ0v) is 22.8. The lowest BCUT2D eigenvalue weighted by Gasteiger charge is -2.28. The molecule has 1 amide bonds. The number of aryl methyl sites for hydroxylation is 1. The number of methoxy groups -OCH3 is 1. The first-order valence-electron chi connectivity index (χ1n) is 13.1. The standard InChI is InChI=1S/C28H34N8O3/c1-5-36-22(18-34(3)17-19-6-8-20(9-7-19)28(37)29-2)31-24-26(35-12-14-39-15-13-35)32-25(33-27(24)36)21-10-11-23(38-4)30-16-21/h6-11,16H,5,12-15,17-18H2,1-4H3,(H,29,37). The van der Waals surface area contributed by atoms with Gasteiger partial charge in [-0.2, -0.15) is 0 Å². The van der Waals surface area contributed by atoms with Crippen molar-refractivity contribution in [3.8, 4) is 17.3 Å². The van der Waals surface area contributed by atoms with Crippen molar-refractivity contribution in [1.29, 1.82) is 0 Å². The number of hydrogen-bond donors (Lipinski definition) is 1. The fourth-order valence-corrected chi connectivity index (χ4v) is 4.76. The average molecular weight is 531 g/mol. The van der Waals surface area contributed by atoms with Gasteiger partial charge in [0.15, 0.2) is 22.8 Å². The molecule has 204 valence electrons. The van der Waals surface area contributed by atoms with Crippen LogP contribution in [0.25, 0.3) is 22.6 Å². The van der Waals surface area contributed by atoms with Crippen LogP contribution in [0.4, 0.5) is 5.82 Å². The van der Waals surface area contributed by atoms with Crippen molar-refractivity contribution < 1.29 is 14.3 Å². The Kier molecular flexibility index (Phi) is 7.99. The van der Waals surface area contributed by atoms with Crippen LogP contribution in [0.1, 0.15) is 28.7 Å². The summed E-state index contributed by atoms with van der Waals surface area (Å²) in [6.07, 6.45) is 1.74. The monoisotopic (exact) mass is 530 g/mol. The van der Waals surface area contributed by atoms with E-state index in [9.17, 15) is 4.79 Å². The molecule has 39 heavy (non-hydrogen) atoms. The average Bonchev–Trinajstić information content (AvgIpc) is 3.33. The minimum Gasteiger partial charge on any atom is -0.481 e. The number of rotatable bonds is 9. The number of morpholine rings is 1. The summed E-state index contributed by atoms with van der Waals surface area (Å²) in [5.74, 6) is 2.79. The van der Waals surface area contributed by atoms with Crippen LogP contribution in [0.15, 0.2) is 42.6 Å². The summed E-state index contributed by atoms with van der Waals surface area (Å²) >= 11 is 0. The van der Waals surface area contributed by atoms with E-state index in [0.717, 1.165) is 53.6 Å². The highest BCUT2D eigenvalue weighted by Crippen LogP contribution is 2.29. The maximum absolute atomic E-state index is 11.9. The number of amides is 1. The Hall–Kier alpha value is -4.09. The first kappa shape index (κ1) is 26.5. The number of ether oxygens (including phenoxy) is 2. The van der Waals surface area contributed by atoms with Gasteiger partial charge in [-0.1, -0.05) is 12.1 Å². The molecule has 1 aromatic carbocycles. The minimum absolute atomic E-state index is 0.0893. The molecule has 1 N–H and O–H groups in total. The topological polar surface area (TPSA) is 111 Å². The summed E-state index contributed by atoms with van der Waals surface area (Å²) in [7, 11) is 5.30. The van der Waals surface area contributed by atoms with Crippen LogP contribution in [0.2, 0.25) is 0 Å². The van der Waals surface area contributed by atoms with E-state index in [2.05, 4.69) is 38.6 Å². The van der Waals surface area contributed by atoms with Crippen molar-refractivity contribution in [3.63, 3.8) is 0 Å². The number of hydrogen-bond acceptors (Lipinski definition) is 9. The highest BCUT2D eigenvalue weighted by atomic mass is 16.5. The molecule has 0 bridgehead atoms. The molecule has 0 radical (unpaired) electrons. The molecule has 1 aliphatic rings. The molecule has 11 heteroatoms. The van der Waals surface area contributed by atoms with Crippen molar-refractivity contribution in [2.24, 2.45) is 0 Å². The van der Waals surface area contributed by atoms with Crippen molar-refractivity contribution in [2.45, 2.75) is 26.6 Å². The Morgan fingerprint density at radius 2 is 1.85 bits per heavy atom. The number of aromatic nitrogens is 5. The maximum Gasteiger partial charge on any atom is 0.251 e. The van der Waals surface area contributed by atoms with Gasteiger partial charge < -0.3 is 24.3 Å². The van der Waals surface area contributed by atoms with Crippen molar-refractivity contribution >= 4 is 22.9 Å². The lowest BCUT2D eigenvalue weighted by molar-refractivity contribution is 0.0963. The molecule has 0 saturated carbocycles. The third-order valence-electron chi connectivity index (χ3n) is 6.79. The molecule has 0 aliphatic carbocycles. The predicted octanol–water partition coefficient (Wildman–Crippen LogP) is 2.75. The van der Waals surface area contributed by atoms with E-state index in [-0.39, 0.29) is 5.91 Å². The minimum atomic E-state index is -0.0893. The summed E-state index contributed by atoms with van der Waals surface area (Å²) in [6.45, 7) is 6.95. The number of anilines is 1. The highest BCUT2D eigenvalue weighted by Gasteiger charge is 2.23. The quantitative estimate of drug-likeness (QED) is 0.349. The summed E-state index contributed by atoms with van der Waals surface area (Å²) < 4.78 is 13.0. The first-order valence-corrected chi connectivity index (χ1v) is 13.1. The molecule has 1 saturated heterocycles. The zero-order valence-electron chi connectivity index (χ0n) is 22.8. The smallest absolute Gasteiger partial charge is 0.251 e. The summed E-state index contributed by atoms with van der Waals surface area (Å²) in [6, 6.07) is 11.4. The van der Waals surface area contributed by atoms with Gasteiger partial charge in [0.2, 0.25) is 5.88 Å². The molecule has 5 rings (SSSR count). The van der Waals surface area contributed by atoms with E-state index in [0.29, 0.717) is 43.6 Å². The van der Waals surface area contributed by atoms with Crippen molar-refractivity contribution in [3.05, 3.63) is 59.5 Å². The number of nitrogens with zero attached hydrogens (tertiary/aromatic N) is 7. The molecule has 1 fully saturated rings. The van der Waals surface area contributed by atoms with E-state index in [1.807, 2.05) is 36.4 Å². The number of carbonyl (C=O) groups is 1. The third kappa shape index (κ3) is 5.69. The number of pyridine rings is 1. The van der Waals surface area contributed by atoms with Crippen LogP contribution < -0.4 is 15.0 Å². The van der Waals surface area contributed by atoms with E-state index < -0.39 is 0 Å². The van der Waals surface area contributed by atoms with Crippen molar-refractivity contribution in [2.75, 3.05) is 52.4 Å². The first-order chi connectivity index (χ1) is 19.0. The molecule has 0 unspecified atom stereocenters. The second-order valence-electron chi connectivity index (χ2n) is 9.45. The Bertz CT molecular complexity index is 1430. The molecule has 1 aliphatic heterocycles. The van der Waals surface area contributed by atoms with E-state index in [4.69, 9.17) is 24.4 Å². The molecule has 3 aromatic heterocycles. The van der Waals surface area contributed by atoms with Gasteiger partial charge in [0.1, 0.15) is 5.82 Å². The zero-order chi connectivity index (χ0) is 27.4. The lowest BCUT2D eigenvalue weighted by Crippen LogP contribution is -2.37. The fraction of sp³-hybridized carbons (Fsp3) is 0.393. The van der Waals surface area contributed by atoms with Gasteiger partial charge in [0.05, 0.1) is 26.9 Å². The van der Waals surface area contributed by atoms with Gasteiger partial charge in [0, 0.05) is 56.6 Å². The largest absolute Gasteiger partial charge is 0.481 e. The number of fused-ring (bicyclic) bond motifs is 1. The van der Waals surface area contributed by atoms with Crippen LogP contribution in [0.3, 0.4) is 0 Å². The van der Waals surface area contributed by atoms with Crippen LogP contribution in [0, 0.1) is 0 Å². The van der Waals surface area contributed by atoms with Gasteiger partial charge in [-0.25, -0.2) is 19.9 Å². The normalized spacial score (nSPS) is 13.7. The van der Waals surface area contributed by atoms with Crippen LogP contribution in [0.5, 0.6) is 5.88 Å². The number of benzene rings is 1. The second kappa shape index (κ2) is 11.7. The van der Waals surface area contributed by atoms with E-state index in [1.165, 1.54) is 0 Å². The van der Waals surface area contributed by atoms with E-state index >= 15 is 0 Å². The summed E-state index contributed by atoms with van der Waals surface area (Å²) in [5, 5.41) is 2.66. The third-order valence-corrected chi connectivity index (χ3v) is 6.79. The second-order valence-corrected chi connectivity index (χ2v) is 9.45. The molecular weight excluding hydrogens is 496 g/mol. The maximum atomic E-state index is 11.9. The molecule has 0 spiro atoms. The molecule has 4 aromatic rings. The number of imidazole rings is 1. The van der Waals surface area contributed by atoms with Gasteiger partial charge >= 0.3 is 0 Å². The van der Waals surface area contributed by atoms with Crippen LogP contribution in [-0.4, -0.2) is 82.8 Å². The van der Waals surface area contributed by atoms with Crippen LogP contribution >= 0.6 is 0 Å².